The Labute approximate surface area is 212 Å². The Morgan fingerprint density at radius 3 is 2.06 bits per heavy atom. The molecule has 0 bridgehead atoms. The summed E-state index contributed by atoms with van der Waals surface area (Å²) in [5, 5.41) is 3.18. The van der Waals surface area contributed by atoms with Crippen LogP contribution < -0.4 is 9.62 Å². The fraction of sp³-hybridized carbons (Fsp3) is 0.259. The molecule has 0 aliphatic carbocycles. The van der Waals surface area contributed by atoms with E-state index in [-0.39, 0.29) is 11.2 Å². The van der Waals surface area contributed by atoms with Crippen LogP contribution in [0, 0.1) is 0 Å². The van der Waals surface area contributed by atoms with Crippen molar-refractivity contribution in [2.45, 2.75) is 39.2 Å². The summed E-state index contributed by atoms with van der Waals surface area (Å²) in [4.78, 5) is 26.0. The molecule has 3 aromatic carbocycles. The Bertz CT molecular complexity index is 1330. The van der Waals surface area contributed by atoms with Gasteiger partial charge in [-0.1, -0.05) is 68.8 Å². The fourth-order valence-electron chi connectivity index (χ4n) is 3.67. The predicted molar refractivity (Wildman–Crippen MR) is 142 cm³/mol. The Hall–Kier alpha value is -3.16. The molecule has 0 saturated heterocycles. The van der Waals surface area contributed by atoms with Crippen LogP contribution in [0.25, 0.3) is 0 Å². The van der Waals surface area contributed by atoms with E-state index >= 15 is 0 Å². The lowest BCUT2D eigenvalue weighted by atomic mass is 9.86. The summed E-state index contributed by atoms with van der Waals surface area (Å²) in [6, 6.07) is 19.2. The van der Waals surface area contributed by atoms with Crippen molar-refractivity contribution in [3.05, 3.63) is 94.5 Å². The van der Waals surface area contributed by atoms with Crippen molar-refractivity contribution in [2.75, 3.05) is 15.9 Å². The minimum atomic E-state index is -3.76. The highest BCUT2D eigenvalue weighted by Gasteiger charge is 2.29. The Morgan fingerprint density at radius 1 is 0.914 bits per heavy atom. The van der Waals surface area contributed by atoms with Crippen LogP contribution in [0.2, 0.25) is 5.02 Å². The van der Waals surface area contributed by atoms with Crippen LogP contribution in [0.15, 0.2) is 72.8 Å². The van der Waals surface area contributed by atoms with Crippen molar-refractivity contribution in [3.63, 3.8) is 0 Å². The molecule has 1 N–H and O–H groups in total. The Balaban J connectivity index is 1.81. The maximum Gasteiger partial charge on any atom is 0.247 e. The minimum Gasteiger partial charge on any atom is -0.324 e. The molecule has 0 spiro atoms. The van der Waals surface area contributed by atoms with E-state index in [9.17, 15) is 18.0 Å². The van der Waals surface area contributed by atoms with E-state index < -0.39 is 22.0 Å². The second kappa shape index (κ2) is 10.2. The fourth-order valence-corrected chi connectivity index (χ4v) is 4.97. The van der Waals surface area contributed by atoms with Crippen molar-refractivity contribution in [1.82, 2.24) is 0 Å². The van der Waals surface area contributed by atoms with Gasteiger partial charge in [0.15, 0.2) is 5.78 Å². The summed E-state index contributed by atoms with van der Waals surface area (Å²) in [6.07, 6.45) is 1.04. The zero-order valence-corrected chi connectivity index (χ0v) is 21.9. The molecule has 35 heavy (non-hydrogen) atoms. The number of rotatable bonds is 7. The summed E-state index contributed by atoms with van der Waals surface area (Å²) in [5.41, 5.74) is 2.78. The number of hydrogen-bond donors (Lipinski definition) is 1. The Morgan fingerprint density at radius 2 is 1.51 bits per heavy atom. The maximum absolute atomic E-state index is 13.0. The van der Waals surface area contributed by atoms with E-state index in [4.69, 9.17) is 11.6 Å². The highest BCUT2D eigenvalue weighted by atomic mass is 35.5. The molecular weight excluding hydrogens is 484 g/mol. The van der Waals surface area contributed by atoms with E-state index in [1.54, 1.807) is 48.5 Å². The van der Waals surface area contributed by atoms with E-state index in [1.807, 2.05) is 12.1 Å². The number of carbonyl (C=O) groups excluding carboxylic acids is 2. The molecule has 8 heteroatoms. The lowest BCUT2D eigenvalue weighted by molar-refractivity contribution is -0.116. The normalized spacial score (nSPS) is 12.6. The quantitative estimate of drug-likeness (QED) is 0.414. The third-order valence-corrected chi connectivity index (χ3v) is 7.07. The van der Waals surface area contributed by atoms with Gasteiger partial charge in [0, 0.05) is 21.8 Å². The molecule has 0 fully saturated rings. The van der Waals surface area contributed by atoms with Gasteiger partial charge in [0.05, 0.1) is 11.9 Å². The zero-order chi connectivity index (χ0) is 26.0. The van der Waals surface area contributed by atoms with Gasteiger partial charge in [0.25, 0.3) is 0 Å². The van der Waals surface area contributed by atoms with Gasteiger partial charge >= 0.3 is 0 Å². The SMILES string of the molecule is C[C@@H](C(=O)Nc1cccc(C(=O)c2ccc(C(C)(C)C)cc2)c1)N(c1ccc(Cl)cc1)S(C)(=O)=O. The second-order valence-corrected chi connectivity index (χ2v) is 11.7. The molecular formula is C27H29ClN2O4S. The van der Waals surface area contributed by atoms with Crippen molar-refractivity contribution in [2.24, 2.45) is 0 Å². The van der Waals surface area contributed by atoms with Crippen LogP contribution >= 0.6 is 11.6 Å². The summed E-state index contributed by atoms with van der Waals surface area (Å²) in [6.45, 7) is 7.81. The van der Waals surface area contributed by atoms with Gasteiger partial charge in [0.2, 0.25) is 15.9 Å². The first-order valence-electron chi connectivity index (χ1n) is 11.1. The average molecular weight is 513 g/mol. The molecule has 0 radical (unpaired) electrons. The number of hydrogen-bond acceptors (Lipinski definition) is 4. The zero-order valence-electron chi connectivity index (χ0n) is 20.4. The topological polar surface area (TPSA) is 83.6 Å². The first-order chi connectivity index (χ1) is 16.3. The van der Waals surface area contributed by atoms with Crippen LogP contribution in [0.1, 0.15) is 49.2 Å². The van der Waals surface area contributed by atoms with E-state index in [0.29, 0.717) is 27.5 Å². The minimum absolute atomic E-state index is 0.0195. The molecule has 0 saturated carbocycles. The lowest BCUT2D eigenvalue weighted by Gasteiger charge is -2.28. The van der Waals surface area contributed by atoms with Gasteiger partial charge in [-0.05, 0) is 54.3 Å². The van der Waals surface area contributed by atoms with Crippen LogP contribution in [0.5, 0.6) is 0 Å². The van der Waals surface area contributed by atoms with Crippen molar-refractivity contribution in [1.29, 1.82) is 0 Å². The molecule has 0 aliphatic rings. The van der Waals surface area contributed by atoms with Crippen LogP contribution in [0.3, 0.4) is 0 Å². The first kappa shape index (κ1) is 26.4. The molecule has 3 aromatic rings. The van der Waals surface area contributed by atoms with Gasteiger partial charge in [-0.15, -0.1) is 0 Å². The van der Waals surface area contributed by atoms with E-state index in [1.165, 1.54) is 19.1 Å². The third-order valence-electron chi connectivity index (χ3n) is 5.58. The number of benzene rings is 3. The number of nitrogens with one attached hydrogen (secondary N) is 1. The molecule has 0 aromatic heterocycles. The molecule has 184 valence electrons. The highest BCUT2D eigenvalue weighted by molar-refractivity contribution is 7.92. The lowest BCUT2D eigenvalue weighted by Crippen LogP contribution is -2.45. The number of nitrogens with zero attached hydrogens (tertiary/aromatic N) is 1. The summed E-state index contributed by atoms with van der Waals surface area (Å²) in [5.74, 6) is -0.710. The average Bonchev–Trinajstić information content (AvgIpc) is 2.78. The molecule has 6 nitrogen and oxygen atoms in total. The van der Waals surface area contributed by atoms with Crippen LogP contribution in [0.4, 0.5) is 11.4 Å². The number of anilines is 2. The van der Waals surface area contributed by atoms with Crippen LogP contribution in [-0.2, 0) is 20.2 Å². The van der Waals surface area contributed by atoms with E-state index in [2.05, 4.69) is 26.1 Å². The predicted octanol–water partition coefficient (Wildman–Crippen LogP) is 5.66. The largest absolute Gasteiger partial charge is 0.324 e. The van der Waals surface area contributed by atoms with Crippen molar-refractivity contribution < 1.29 is 18.0 Å². The smallest absolute Gasteiger partial charge is 0.247 e. The van der Waals surface area contributed by atoms with Crippen molar-refractivity contribution in [3.8, 4) is 0 Å². The summed E-state index contributed by atoms with van der Waals surface area (Å²) < 4.78 is 26.0. The number of amides is 1. The Kier molecular flexibility index (Phi) is 7.72. The molecule has 0 heterocycles. The highest BCUT2D eigenvalue weighted by Crippen LogP contribution is 2.25. The number of carbonyl (C=O) groups is 2. The second-order valence-electron chi connectivity index (χ2n) is 9.44. The van der Waals surface area contributed by atoms with Gasteiger partial charge in [-0.2, -0.15) is 0 Å². The molecule has 1 atom stereocenters. The summed E-state index contributed by atoms with van der Waals surface area (Å²) >= 11 is 5.92. The maximum atomic E-state index is 13.0. The number of sulfonamides is 1. The monoisotopic (exact) mass is 512 g/mol. The van der Waals surface area contributed by atoms with Crippen molar-refractivity contribution >= 4 is 44.7 Å². The molecule has 0 aliphatic heterocycles. The number of halogens is 1. The first-order valence-corrected chi connectivity index (χ1v) is 13.3. The molecule has 3 rings (SSSR count). The van der Waals surface area contributed by atoms with Crippen LogP contribution in [-0.4, -0.2) is 32.4 Å². The third kappa shape index (κ3) is 6.50. The van der Waals surface area contributed by atoms with Gasteiger partial charge < -0.3 is 5.32 Å². The van der Waals surface area contributed by atoms with Gasteiger partial charge in [-0.3, -0.25) is 13.9 Å². The molecule has 1 amide bonds. The number of ketones is 1. The molecule has 0 unspecified atom stereocenters. The van der Waals surface area contributed by atoms with Gasteiger partial charge in [0.1, 0.15) is 6.04 Å². The standard InChI is InChI=1S/C27H29ClN2O4S/c1-18(30(35(5,33)34)24-15-13-22(28)14-16-24)26(32)29-23-8-6-7-20(17-23)25(31)19-9-11-21(12-10-19)27(2,3)4/h6-18H,1-5H3,(H,29,32)/t18-/m0/s1. The van der Waals surface area contributed by atoms with Gasteiger partial charge in [-0.25, -0.2) is 8.42 Å². The van der Waals surface area contributed by atoms with E-state index in [0.717, 1.165) is 16.1 Å². The summed E-state index contributed by atoms with van der Waals surface area (Å²) in [7, 11) is -3.76.